The van der Waals surface area contributed by atoms with E-state index >= 15 is 0 Å². The van der Waals surface area contributed by atoms with Crippen LogP contribution in [0.15, 0.2) is 4.79 Å². The first-order valence-electron chi connectivity index (χ1n) is 9.79. The molecule has 0 spiro atoms. The van der Waals surface area contributed by atoms with E-state index in [1.165, 1.54) is 0 Å². The molecule has 10 heteroatoms. The molecule has 2 aliphatic rings. The first-order chi connectivity index (χ1) is 13.8. The van der Waals surface area contributed by atoms with E-state index in [2.05, 4.69) is 5.32 Å². The lowest BCUT2D eigenvalue weighted by atomic mass is 10.1. The van der Waals surface area contributed by atoms with Crippen molar-refractivity contribution in [2.75, 3.05) is 13.1 Å². The maximum Gasteiger partial charge on any atom is 0.322 e. The molecule has 0 unspecified atom stereocenters. The number of carboxylic acids is 1. The fourth-order valence-electron chi connectivity index (χ4n) is 3.71. The predicted molar refractivity (Wildman–Crippen MR) is 101 cm³/mol. The molecular formula is C19H25N3O7. The van der Waals surface area contributed by atoms with Crippen LogP contribution in [0.3, 0.4) is 0 Å². The largest absolute Gasteiger partial charge is 0.506 e. The van der Waals surface area contributed by atoms with E-state index < -0.39 is 58.7 Å². The molecular weight excluding hydrogens is 382 g/mol. The van der Waals surface area contributed by atoms with Gasteiger partial charge in [0.05, 0.1) is 0 Å². The number of amides is 2. The highest BCUT2D eigenvalue weighted by atomic mass is 16.4. The summed E-state index contributed by atoms with van der Waals surface area (Å²) in [5.74, 6) is -4.39. The fraction of sp³-hybridized carbons (Fsp3) is 0.579. The second kappa shape index (κ2) is 8.54. The summed E-state index contributed by atoms with van der Waals surface area (Å²) < 4.78 is 0.970. The van der Waals surface area contributed by atoms with Gasteiger partial charge in [-0.05, 0) is 25.2 Å². The van der Waals surface area contributed by atoms with E-state index in [4.69, 9.17) is 5.11 Å². The second-order valence-electron chi connectivity index (χ2n) is 7.60. The van der Waals surface area contributed by atoms with Crippen LogP contribution in [0.5, 0.6) is 11.6 Å². The number of pyridine rings is 1. The number of carboxylic acid groups (broad SMARTS) is 1. The van der Waals surface area contributed by atoms with Gasteiger partial charge in [-0.1, -0.05) is 25.7 Å². The van der Waals surface area contributed by atoms with Crippen LogP contribution in [0.2, 0.25) is 0 Å². The summed E-state index contributed by atoms with van der Waals surface area (Å²) in [6.45, 7) is -0.420. The van der Waals surface area contributed by atoms with E-state index in [0.29, 0.717) is 25.3 Å². The first kappa shape index (κ1) is 20.7. The van der Waals surface area contributed by atoms with Crippen LogP contribution in [0.1, 0.15) is 71.7 Å². The summed E-state index contributed by atoms with van der Waals surface area (Å²) in [7, 11) is 0. The topological polar surface area (TPSA) is 158 Å². The average Bonchev–Trinajstić information content (AvgIpc) is 3.32. The average molecular weight is 407 g/mol. The molecule has 158 valence electrons. The summed E-state index contributed by atoms with van der Waals surface area (Å²) in [6.07, 6.45) is 5.76. The SMILES string of the molecule is O=C(O)CNC(=O)c1c(O)c(C(=O)NCCC2CC2)c(=O)n(C2CCCC2)c1O. The Balaban J connectivity index is 2.00. The quantitative estimate of drug-likeness (QED) is 0.425. The van der Waals surface area contributed by atoms with Crippen molar-refractivity contribution in [1.29, 1.82) is 0 Å². The van der Waals surface area contributed by atoms with E-state index in [0.717, 1.165) is 36.7 Å². The number of carbonyl (C=O) groups is 3. The highest BCUT2D eigenvalue weighted by molar-refractivity contribution is 6.05. The van der Waals surface area contributed by atoms with Gasteiger partial charge in [0.15, 0.2) is 5.75 Å². The monoisotopic (exact) mass is 407 g/mol. The number of hydrogen-bond donors (Lipinski definition) is 5. The molecule has 0 aliphatic heterocycles. The number of nitrogens with zero attached hydrogens (tertiary/aromatic N) is 1. The van der Waals surface area contributed by atoms with Gasteiger partial charge in [-0.25, -0.2) is 0 Å². The normalized spacial score (nSPS) is 16.6. The van der Waals surface area contributed by atoms with Gasteiger partial charge >= 0.3 is 5.97 Å². The molecule has 1 aromatic heterocycles. The minimum Gasteiger partial charge on any atom is -0.506 e. The lowest BCUT2D eigenvalue weighted by molar-refractivity contribution is -0.135. The maximum absolute atomic E-state index is 12.9. The van der Waals surface area contributed by atoms with Gasteiger partial charge in [0.1, 0.15) is 17.7 Å². The number of rotatable bonds is 8. The lowest BCUT2D eigenvalue weighted by Crippen LogP contribution is -2.37. The standard InChI is InChI=1S/C19H25N3O7/c23-12(24)9-21-17(27)14-15(25)13(16(26)20-8-7-10-5-6-10)18(28)22(19(14)29)11-3-1-2-4-11/h10-11,25,29H,1-9H2,(H,20,26)(H,21,27)(H,23,24). The van der Waals surface area contributed by atoms with Gasteiger partial charge in [-0.3, -0.25) is 23.7 Å². The van der Waals surface area contributed by atoms with Crippen molar-refractivity contribution < 1.29 is 29.7 Å². The minimum absolute atomic E-state index is 0.327. The number of carbonyl (C=O) groups excluding carboxylic acids is 2. The third-order valence-corrected chi connectivity index (χ3v) is 5.44. The van der Waals surface area contributed by atoms with Crippen LogP contribution >= 0.6 is 0 Å². The van der Waals surface area contributed by atoms with E-state index in [1.54, 1.807) is 0 Å². The fourth-order valence-corrected chi connectivity index (χ4v) is 3.71. The molecule has 0 saturated heterocycles. The molecule has 2 amide bonds. The molecule has 0 bridgehead atoms. The predicted octanol–water partition coefficient (Wildman–Crippen LogP) is 0.719. The minimum atomic E-state index is -1.32. The van der Waals surface area contributed by atoms with Gasteiger partial charge in [-0.2, -0.15) is 0 Å². The zero-order valence-electron chi connectivity index (χ0n) is 15.9. The van der Waals surface area contributed by atoms with Crippen molar-refractivity contribution in [3.05, 3.63) is 21.5 Å². The number of nitrogens with one attached hydrogen (secondary N) is 2. The molecule has 1 aromatic rings. The van der Waals surface area contributed by atoms with Gasteiger partial charge in [-0.15, -0.1) is 0 Å². The molecule has 0 atom stereocenters. The van der Waals surface area contributed by atoms with Crippen LogP contribution < -0.4 is 16.2 Å². The highest BCUT2D eigenvalue weighted by Gasteiger charge is 2.33. The summed E-state index contributed by atoms with van der Waals surface area (Å²) >= 11 is 0. The lowest BCUT2D eigenvalue weighted by Gasteiger charge is -2.20. The van der Waals surface area contributed by atoms with Crippen molar-refractivity contribution in [3.8, 4) is 11.6 Å². The number of hydrogen-bond acceptors (Lipinski definition) is 6. The van der Waals surface area contributed by atoms with Gasteiger partial charge < -0.3 is 26.0 Å². The molecule has 0 aromatic carbocycles. The van der Waals surface area contributed by atoms with Crippen molar-refractivity contribution in [2.24, 2.45) is 5.92 Å². The van der Waals surface area contributed by atoms with Crippen LogP contribution in [-0.4, -0.2) is 50.8 Å². The summed E-state index contributed by atoms with van der Waals surface area (Å²) in [5.41, 5.74) is -2.17. The Kier molecular flexibility index (Phi) is 6.09. The van der Waals surface area contributed by atoms with Crippen molar-refractivity contribution in [2.45, 2.75) is 51.0 Å². The van der Waals surface area contributed by atoms with E-state index in [1.807, 2.05) is 5.32 Å². The molecule has 2 aliphatic carbocycles. The summed E-state index contributed by atoms with van der Waals surface area (Å²) in [6, 6.07) is -0.410. The van der Waals surface area contributed by atoms with Crippen LogP contribution in [0.25, 0.3) is 0 Å². The van der Waals surface area contributed by atoms with Gasteiger partial charge in [0.2, 0.25) is 5.88 Å². The highest BCUT2D eigenvalue weighted by Crippen LogP contribution is 2.36. The molecule has 1 heterocycles. The summed E-state index contributed by atoms with van der Waals surface area (Å²) in [5, 5.41) is 34.5. The van der Waals surface area contributed by atoms with E-state index in [-0.39, 0.29) is 0 Å². The molecule has 29 heavy (non-hydrogen) atoms. The van der Waals surface area contributed by atoms with Crippen LogP contribution in [0.4, 0.5) is 0 Å². The maximum atomic E-state index is 12.9. The van der Waals surface area contributed by atoms with Crippen molar-refractivity contribution in [3.63, 3.8) is 0 Å². The Morgan fingerprint density at radius 2 is 1.59 bits per heavy atom. The Hall–Kier alpha value is -3.04. The zero-order valence-corrected chi connectivity index (χ0v) is 15.9. The van der Waals surface area contributed by atoms with Gasteiger partial charge in [0, 0.05) is 12.6 Å². The molecule has 2 fully saturated rings. The van der Waals surface area contributed by atoms with Crippen molar-refractivity contribution >= 4 is 17.8 Å². The Morgan fingerprint density at radius 1 is 0.966 bits per heavy atom. The van der Waals surface area contributed by atoms with Crippen molar-refractivity contribution in [1.82, 2.24) is 15.2 Å². The molecule has 2 saturated carbocycles. The zero-order chi connectivity index (χ0) is 21.1. The molecule has 3 rings (SSSR count). The number of aromatic hydroxyl groups is 2. The van der Waals surface area contributed by atoms with Crippen LogP contribution in [0, 0.1) is 5.92 Å². The number of aromatic nitrogens is 1. The third-order valence-electron chi connectivity index (χ3n) is 5.44. The molecule has 10 nitrogen and oxygen atoms in total. The third kappa shape index (κ3) is 4.52. The number of aliphatic carboxylic acids is 1. The Labute approximate surface area is 166 Å². The van der Waals surface area contributed by atoms with Gasteiger partial charge in [0.25, 0.3) is 17.4 Å². The summed E-state index contributed by atoms with van der Waals surface area (Å²) in [4.78, 5) is 48.7. The smallest absolute Gasteiger partial charge is 0.322 e. The van der Waals surface area contributed by atoms with Crippen LogP contribution in [-0.2, 0) is 4.79 Å². The molecule has 0 radical (unpaired) electrons. The first-order valence-corrected chi connectivity index (χ1v) is 9.79. The second-order valence-corrected chi connectivity index (χ2v) is 7.60. The Bertz CT molecular complexity index is 883. The molecule has 5 N–H and O–H groups in total. The van der Waals surface area contributed by atoms with E-state index in [9.17, 15) is 29.4 Å². The Morgan fingerprint density at radius 3 is 2.17 bits per heavy atom.